The molecule has 2 atom stereocenters. The smallest absolute Gasteiger partial charge is 0.412 e. The molecule has 1 aliphatic rings. The lowest BCUT2D eigenvalue weighted by molar-refractivity contribution is -0.112. The van der Waals surface area contributed by atoms with E-state index in [0.717, 1.165) is 12.6 Å². The molecular formula is C15H25NO5. The Balaban J connectivity index is 3.00. The first-order valence-electron chi connectivity index (χ1n) is 7.20. The van der Waals surface area contributed by atoms with Crippen LogP contribution in [0.5, 0.6) is 0 Å². The van der Waals surface area contributed by atoms with E-state index in [1.54, 1.807) is 34.6 Å². The Labute approximate surface area is 125 Å². The standard InChI is InChI=1S/C15H25NO5/c1-14(2,3)21-13(19)16-11(7-6-9-17)12(8-10-18)20-15(16,4)5/h9-12H,6-8H2,1-5H3/t11-,12+/m0/s1. The van der Waals surface area contributed by atoms with Crippen LogP contribution in [0.3, 0.4) is 0 Å². The van der Waals surface area contributed by atoms with Gasteiger partial charge in [0.25, 0.3) is 0 Å². The molecule has 0 unspecified atom stereocenters. The highest BCUT2D eigenvalue weighted by Gasteiger charge is 2.50. The summed E-state index contributed by atoms with van der Waals surface area (Å²) in [6.07, 6.45) is 1.61. The zero-order valence-electron chi connectivity index (χ0n) is 13.4. The summed E-state index contributed by atoms with van der Waals surface area (Å²) in [6, 6.07) is -0.342. The van der Waals surface area contributed by atoms with Gasteiger partial charge in [0, 0.05) is 12.8 Å². The van der Waals surface area contributed by atoms with Gasteiger partial charge in [-0.05, 0) is 41.0 Å². The molecule has 0 aromatic rings. The topological polar surface area (TPSA) is 72.9 Å². The molecule has 1 amide bonds. The van der Waals surface area contributed by atoms with Crippen LogP contribution in [0.2, 0.25) is 0 Å². The molecule has 1 saturated heterocycles. The summed E-state index contributed by atoms with van der Waals surface area (Å²) in [5.41, 5.74) is -1.49. The maximum absolute atomic E-state index is 12.4. The van der Waals surface area contributed by atoms with Crippen molar-refractivity contribution in [1.29, 1.82) is 0 Å². The molecule has 6 nitrogen and oxygen atoms in total. The van der Waals surface area contributed by atoms with Gasteiger partial charge in [0.2, 0.25) is 0 Å². The Bertz CT molecular complexity index is 399. The van der Waals surface area contributed by atoms with Crippen molar-refractivity contribution in [3.8, 4) is 0 Å². The van der Waals surface area contributed by atoms with Crippen molar-refractivity contribution in [3.63, 3.8) is 0 Å². The molecule has 6 heteroatoms. The van der Waals surface area contributed by atoms with Gasteiger partial charge in [0.05, 0.1) is 12.1 Å². The molecule has 0 aromatic heterocycles. The van der Waals surface area contributed by atoms with Gasteiger partial charge in [-0.25, -0.2) is 4.79 Å². The molecule has 0 aliphatic carbocycles. The summed E-state index contributed by atoms with van der Waals surface area (Å²) in [5.74, 6) is 0. The molecule has 1 heterocycles. The van der Waals surface area contributed by atoms with Crippen LogP contribution in [0.25, 0.3) is 0 Å². The first-order valence-corrected chi connectivity index (χ1v) is 7.20. The molecule has 1 rings (SSSR count). The third-order valence-electron chi connectivity index (χ3n) is 3.28. The predicted molar refractivity (Wildman–Crippen MR) is 76.8 cm³/mol. The van der Waals surface area contributed by atoms with Crippen molar-refractivity contribution in [3.05, 3.63) is 0 Å². The van der Waals surface area contributed by atoms with Crippen LogP contribution >= 0.6 is 0 Å². The minimum absolute atomic E-state index is 0.187. The highest BCUT2D eigenvalue weighted by Crippen LogP contribution is 2.36. The van der Waals surface area contributed by atoms with E-state index in [1.165, 1.54) is 4.90 Å². The number of ether oxygens (including phenoxy) is 2. The number of hydrogen-bond donors (Lipinski definition) is 0. The summed E-state index contributed by atoms with van der Waals surface area (Å²) < 4.78 is 11.2. The molecule has 0 aromatic carbocycles. The van der Waals surface area contributed by atoms with Crippen LogP contribution in [0, 0.1) is 0 Å². The maximum Gasteiger partial charge on any atom is 0.412 e. The fourth-order valence-corrected chi connectivity index (χ4v) is 2.59. The van der Waals surface area contributed by atoms with Crippen molar-refractivity contribution in [2.24, 2.45) is 0 Å². The Kier molecular flexibility index (Phi) is 5.50. The highest BCUT2D eigenvalue weighted by atomic mass is 16.6. The van der Waals surface area contributed by atoms with Crippen LogP contribution in [-0.2, 0) is 19.1 Å². The van der Waals surface area contributed by atoms with Gasteiger partial charge in [-0.1, -0.05) is 0 Å². The van der Waals surface area contributed by atoms with Crippen molar-refractivity contribution < 1.29 is 23.9 Å². The Morgan fingerprint density at radius 1 is 1.29 bits per heavy atom. The van der Waals surface area contributed by atoms with Crippen molar-refractivity contribution >= 4 is 18.7 Å². The molecule has 0 spiro atoms. The second kappa shape index (κ2) is 6.56. The number of hydrogen-bond acceptors (Lipinski definition) is 5. The number of carbonyl (C=O) groups excluding carboxylic acids is 3. The van der Waals surface area contributed by atoms with Crippen LogP contribution in [0.4, 0.5) is 4.79 Å². The quantitative estimate of drug-likeness (QED) is 0.728. The van der Waals surface area contributed by atoms with E-state index in [4.69, 9.17) is 9.47 Å². The molecule has 1 fully saturated rings. The molecule has 0 saturated carbocycles. The van der Waals surface area contributed by atoms with E-state index >= 15 is 0 Å². The normalized spacial score (nSPS) is 24.7. The molecule has 0 N–H and O–H groups in total. The van der Waals surface area contributed by atoms with Gasteiger partial charge in [-0.3, -0.25) is 4.90 Å². The lowest BCUT2D eigenvalue weighted by Crippen LogP contribution is -2.50. The highest BCUT2D eigenvalue weighted by molar-refractivity contribution is 5.70. The van der Waals surface area contributed by atoms with Gasteiger partial charge in [-0.2, -0.15) is 0 Å². The van der Waals surface area contributed by atoms with E-state index in [0.29, 0.717) is 12.8 Å². The largest absolute Gasteiger partial charge is 0.444 e. The van der Waals surface area contributed by atoms with E-state index in [2.05, 4.69) is 0 Å². The Morgan fingerprint density at radius 2 is 1.90 bits per heavy atom. The van der Waals surface area contributed by atoms with Crippen molar-refractivity contribution in [1.82, 2.24) is 4.90 Å². The average molecular weight is 299 g/mol. The summed E-state index contributed by atoms with van der Waals surface area (Å²) in [6.45, 7) is 8.89. The Hall–Kier alpha value is -1.43. The molecule has 0 bridgehead atoms. The van der Waals surface area contributed by atoms with Gasteiger partial charge in [0.1, 0.15) is 23.9 Å². The minimum Gasteiger partial charge on any atom is -0.444 e. The molecule has 1 aliphatic heterocycles. The van der Waals surface area contributed by atoms with Crippen LogP contribution in [-0.4, -0.2) is 47.0 Å². The summed E-state index contributed by atoms with van der Waals surface area (Å²) in [7, 11) is 0. The number of aldehydes is 2. The van der Waals surface area contributed by atoms with Crippen molar-refractivity contribution in [2.45, 2.75) is 77.4 Å². The number of rotatable bonds is 5. The van der Waals surface area contributed by atoms with E-state index in [1.807, 2.05) is 0 Å². The third-order valence-corrected chi connectivity index (χ3v) is 3.28. The molecule has 0 radical (unpaired) electrons. The first kappa shape index (κ1) is 17.6. The van der Waals surface area contributed by atoms with Gasteiger partial charge in [-0.15, -0.1) is 0 Å². The molecule has 120 valence electrons. The lowest BCUT2D eigenvalue weighted by atomic mass is 10.0. The minimum atomic E-state index is -0.871. The zero-order valence-corrected chi connectivity index (χ0v) is 13.4. The summed E-state index contributed by atoms with van der Waals surface area (Å²) in [4.78, 5) is 35.4. The van der Waals surface area contributed by atoms with Gasteiger partial charge >= 0.3 is 6.09 Å². The number of carbonyl (C=O) groups is 3. The fourth-order valence-electron chi connectivity index (χ4n) is 2.59. The summed E-state index contributed by atoms with van der Waals surface area (Å²) >= 11 is 0. The predicted octanol–water partition coefficient (Wildman–Crippen LogP) is 2.30. The fraction of sp³-hybridized carbons (Fsp3) is 0.800. The number of amides is 1. The Morgan fingerprint density at radius 3 is 2.38 bits per heavy atom. The van der Waals surface area contributed by atoms with E-state index in [-0.39, 0.29) is 12.5 Å². The van der Waals surface area contributed by atoms with Crippen LogP contribution in [0.1, 0.15) is 53.9 Å². The van der Waals surface area contributed by atoms with Crippen LogP contribution in [0.15, 0.2) is 0 Å². The van der Waals surface area contributed by atoms with E-state index < -0.39 is 23.5 Å². The number of nitrogens with zero attached hydrogens (tertiary/aromatic N) is 1. The second-order valence-electron chi connectivity index (χ2n) is 6.67. The van der Waals surface area contributed by atoms with Crippen molar-refractivity contribution in [2.75, 3.05) is 0 Å². The average Bonchev–Trinajstić information content (AvgIpc) is 2.55. The van der Waals surface area contributed by atoms with Gasteiger partial charge in [0.15, 0.2) is 0 Å². The van der Waals surface area contributed by atoms with E-state index in [9.17, 15) is 14.4 Å². The van der Waals surface area contributed by atoms with Crippen LogP contribution < -0.4 is 0 Å². The first-order chi connectivity index (χ1) is 9.62. The maximum atomic E-state index is 12.4. The molecule has 21 heavy (non-hydrogen) atoms. The second-order valence-corrected chi connectivity index (χ2v) is 6.67. The SMILES string of the molecule is CC(C)(C)OC(=O)N1[C@@H](CCC=O)[C@@H](CC=O)OC1(C)C. The molecular weight excluding hydrogens is 274 g/mol. The van der Waals surface area contributed by atoms with Gasteiger partial charge < -0.3 is 19.1 Å². The third kappa shape index (κ3) is 4.52. The monoisotopic (exact) mass is 299 g/mol. The zero-order chi connectivity index (χ0) is 16.3. The summed E-state index contributed by atoms with van der Waals surface area (Å²) in [5, 5.41) is 0. The lowest BCUT2D eigenvalue weighted by Gasteiger charge is -2.35.